The zero-order valence-electron chi connectivity index (χ0n) is 17.1. The lowest BCUT2D eigenvalue weighted by atomic mass is 10.2. The molecule has 0 aliphatic carbocycles. The van der Waals surface area contributed by atoms with Crippen molar-refractivity contribution in [2.45, 2.75) is 13.2 Å². The fraction of sp³-hybridized carbons (Fsp3) is 0.333. The summed E-state index contributed by atoms with van der Waals surface area (Å²) in [5, 5.41) is 0. The molecule has 1 aromatic carbocycles. The first-order valence-corrected chi connectivity index (χ1v) is 11.0. The summed E-state index contributed by atoms with van der Waals surface area (Å²) in [6, 6.07) is 9.04. The smallest absolute Gasteiger partial charge is 0.438 e. The number of fused-ring (bicyclic) bond motifs is 1. The molecular weight excluding hydrogens is 445 g/mol. The Labute approximate surface area is 181 Å². The van der Waals surface area contributed by atoms with Crippen LogP contribution in [0.15, 0.2) is 41.5 Å². The van der Waals surface area contributed by atoms with Crippen LogP contribution in [0, 0.1) is 0 Å². The molecule has 0 spiro atoms. The van der Waals surface area contributed by atoms with Gasteiger partial charge in [0.25, 0.3) is 5.56 Å². The van der Waals surface area contributed by atoms with Gasteiger partial charge in [0.05, 0.1) is 26.7 Å². The predicted octanol–water partition coefficient (Wildman–Crippen LogP) is 1.84. The Balaban J connectivity index is 1.58. The van der Waals surface area contributed by atoms with Crippen LogP contribution in [0.25, 0.3) is 11.2 Å². The summed E-state index contributed by atoms with van der Waals surface area (Å²) < 4.78 is 39.6. The topological polar surface area (TPSA) is 170 Å². The number of methoxy groups -OCH3 is 1. The van der Waals surface area contributed by atoms with Crippen molar-refractivity contribution in [1.82, 2.24) is 19.5 Å². The van der Waals surface area contributed by atoms with Crippen molar-refractivity contribution in [3.05, 3.63) is 52.6 Å². The van der Waals surface area contributed by atoms with Gasteiger partial charge in [-0.25, -0.2) is 9.78 Å². The van der Waals surface area contributed by atoms with Gasteiger partial charge in [0.15, 0.2) is 11.2 Å². The molecule has 0 fully saturated rings. The molecule has 0 saturated heterocycles. The van der Waals surface area contributed by atoms with E-state index in [0.29, 0.717) is 5.65 Å². The second kappa shape index (κ2) is 10.9. The Morgan fingerprint density at radius 2 is 2.03 bits per heavy atom. The van der Waals surface area contributed by atoms with E-state index in [1.807, 2.05) is 18.2 Å². The number of carbonyl (C=O) groups excluding carboxylic acids is 1. The second-order valence-electron chi connectivity index (χ2n) is 6.31. The first kappa shape index (κ1) is 23.4. The van der Waals surface area contributed by atoms with Crippen molar-refractivity contribution in [1.29, 1.82) is 0 Å². The molecule has 1 atom stereocenters. The van der Waals surface area contributed by atoms with Gasteiger partial charge in [-0.05, 0) is 5.56 Å². The second-order valence-corrected chi connectivity index (χ2v) is 8.31. The minimum absolute atomic E-state index is 0.00215. The number of carbonyl (C=O) groups is 1. The predicted molar refractivity (Wildman–Crippen MR) is 112 cm³/mol. The van der Waals surface area contributed by atoms with Gasteiger partial charge in [0, 0.05) is 6.54 Å². The van der Waals surface area contributed by atoms with Crippen molar-refractivity contribution >= 4 is 30.9 Å². The number of hydrogen-bond acceptors (Lipinski definition) is 11. The molecule has 13 nitrogen and oxygen atoms in total. The lowest BCUT2D eigenvalue weighted by molar-refractivity contribution is 0.00268. The van der Waals surface area contributed by atoms with Crippen LogP contribution in [0.3, 0.4) is 0 Å². The largest absolute Gasteiger partial charge is 0.510 e. The average Bonchev–Trinajstić information content (AvgIpc) is 3.19. The third kappa shape index (κ3) is 6.37. The first-order chi connectivity index (χ1) is 15.4. The molecule has 3 rings (SSSR count). The van der Waals surface area contributed by atoms with Crippen LogP contribution in [0.2, 0.25) is 0 Å². The maximum atomic E-state index is 13.0. The molecule has 14 heteroatoms. The Morgan fingerprint density at radius 3 is 2.78 bits per heavy atom. The van der Waals surface area contributed by atoms with Crippen LogP contribution in [0.4, 0.5) is 10.7 Å². The Hall–Kier alpha value is -3.25. The SMILES string of the molecule is COC(=O)OCOP(=O)(COCCn1cnc2c(=O)[nH]c(N)nc21)OCc1ccccc1. The van der Waals surface area contributed by atoms with Gasteiger partial charge in [-0.15, -0.1) is 0 Å². The van der Waals surface area contributed by atoms with Gasteiger partial charge in [-0.3, -0.25) is 18.9 Å². The Bertz CT molecular complexity index is 1150. The lowest BCUT2D eigenvalue weighted by Gasteiger charge is -2.18. The fourth-order valence-electron chi connectivity index (χ4n) is 2.55. The molecule has 0 amide bonds. The van der Waals surface area contributed by atoms with E-state index in [2.05, 4.69) is 24.4 Å². The molecule has 2 heterocycles. The summed E-state index contributed by atoms with van der Waals surface area (Å²) in [6.45, 7) is -0.332. The third-order valence-electron chi connectivity index (χ3n) is 4.08. The number of rotatable bonds is 11. The minimum Gasteiger partial charge on any atom is -0.438 e. The van der Waals surface area contributed by atoms with Crippen LogP contribution in [0.5, 0.6) is 0 Å². The van der Waals surface area contributed by atoms with Gasteiger partial charge >= 0.3 is 13.8 Å². The van der Waals surface area contributed by atoms with Crippen molar-refractivity contribution in [3.8, 4) is 0 Å². The molecule has 32 heavy (non-hydrogen) atoms. The van der Waals surface area contributed by atoms with E-state index in [1.165, 1.54) is 6.33 Å². The molecule has 1 unspecified atom stereocenters. The molecule has 3 N–H and O–H groups in total. The molecule has 0 aliphatic heterocycles. The summed E-state index contributed by atoms with van der Waals surface area (Å²) in [4.78, 5) is 33.3. The Morgan fingerprint density at radius 1 is 1.25 bits per heavy atom. The van der Waals surface area contributed by atoms with E-state index >= 15 is 0 Å². The maximum absolute atomic E-state index is 13.0. The molecule has 172 valence electrons. The highest BCUT2D eigenvalue weighted by Crippen LogP contribution is 2.48. The minimum atomic E-state index is -3.79. The van der Waals surface area contributed by atoms with Crippen LogP contribution in [-0.4, -0.2) is 52.5 Å². The molecule has 0 saturated carbocycles. The van der Waals surface area contributed by atoms with Gasteiger partial charge in [0.2, 0.25) is 12.7 Å². The van der Waals surface area contributed by atoms with E-state index in [-0.39, 0.29) is 31.2 Å². The molecule has 3 aromatic rings. The standard InChI is InChI=1S/C18H22N5O8P/c1-27-18(25)29-11-31-32(26,30-9-13-5-3-2-4-6-13)12-28-8-7-23-10-20-14-15(23)21-17(19)22-16(14)24/h2-6,10H,7-9,11-12H2,1H3,(H3,19,21,22,24). The van der Waals surface area contributed by atoms with E-state index in [9.17, 15) is 14.2 Å². The highest BCUT2D eigenvalue weighted by Gasteiger charge is 2.26. The van der Waals surface area contributed by atoms with Gasteiger partial charge in [-0.1, -0.05) is 30.3 Å². The van der Waals surface area contributed by atoms with Crippen LogP contribution < -0.4 is 11.3 Å². The van der Waals surface area contributed by atoms with Crippen molar-refractivity contribution in [3.63, 3.8) is 0 Å². The Kier molecular flexibility index (Phi) is 7.95. The molecule has 0 radical (unpaired) electrons. The number of aromatic nitrogens is 4. The van der Waals surface area contributed by atoms with Crippen LogP contribution in [0.1, 0.15) is 5.56 Å². The monoisotopic (exact) mass is 467 g/mol. The molecular formula is C18H22N5O8P. The van der Waals surface area contributed by atoms with Crippen LogP contribution >= 0.6 is 7.60 Å². The van der Waals surface area contributed by atoms with Gasteiger partial charge in [-0.2, -0.15) is 4.98 Å². The van der Waals surface area contributed by atoms with Crippen molar-refractivity contribution in [2.75, 3.05) is 32.6 Å². The third-order valence-corrected chi connectivity index (χ3v) is 5.60. The number of H-pyrrole nitrogens is 1. The zero-order chi connectivity index (χ0) is 23.0. The molecule has 2 aromatic heterocycles. The van der Waals surface area contributed by atoms with Gasteiger partial charge in [0.1, 0.15) is 6.35 Å². The summed E-state index contributed by atoms with van der Waals surface area (Å²) in [5.74, 6) is -0.0389. The highest BCUT2D eigenvalue weighted by molar-refractivity contribution is 7.53. The zero-order valence-corrected chi connectivity index (χ0v) is 18.0. The number of nitrogens with zero attached hydrogens (tertiary/aromatic N) is 3. The molecule has 0 bridgehead atoms. The quantitative estimate of drug-likeness (QED) is 0.182. The lowest BCUT2D eigenvalue weighted by Crippen LogP contribution is -2.14. The number of aromatic amines is 1. The van der Waals surface area contributed by atoms with E-state index < -0.39 is 32.5 Å². The number of nitrogen functional groups attached to an aromatic ring is 1. The average molecular weight is 467 g/mol. The number of nitrogens with two attached hydrogens (primary N) is 1. The van der Waals surface area contributed by atoms with E-state index in [1.54, 1.807) is 16.7 Å². The van der Waals surface area contributed by atoms with Gasteiger partial charge < -0.3 is 29.0 Å². The number of anilines is 1. The summed E-state index contributed by atoms with van der Waals surface area (Å²) in [7, 11) is -2.66. The summed E-state index contributed by atoms with van der Waals surface area (Å²) >= 11 is 0. The number of hydrogen-bond donors (Lipinski definition) is 2. The number of ether oxygens (including phenoxy) is 3. The van der Waals surface area contributed by atoms with Crippen molar-refractivity contribution in [2.24, 2.45) is 0 Å². The normalized spacial score (nSPS) is 13.0. The molecule has 0 aliphatic rings. The van der Waals surface area contributed by atoms with E-state index in [4.69, 9.17) is 19.5 Å². The fourth-order valence-corrected chi connectivity index (χ4v) is 3.68. The van der Waals surface area contributed by atoms with Crippen LogP contribution in [-0.2, 0) is 41.0 Å². The van der Waals surface area contributed by atoms with E-state index in [0.717, 1.165) is 12.7 Å². The summed E-state index contributed by atoms with van der Waals surface area (Å²) in [6.07, 6.45) is 0.0176. The summed E-state index contributed by atoms with van der Waals surface area (Å²) in [5.41, 5.74) is 6.31. The number of imidazole rings is 1. The highest BCUT2D eigenvalue weighted by atomic mass is 31.2. The number of nitrogens with one attached hydrogen (secondary N) is 1. The maximum Gasteiger partial charge on any atom is 0.510 e. The number of benzene rings is 1. The van der Waals surface area contributed by atoms with Crippen molar-refractivity contribution < 1.29 is 32.6 Å². The first-order valence-electron chi connectivity index (χ1n) is 9.31.